The molecule has 134 valence electrons. The zero-order valence-electron chi connectivity index (χ0n) is 14.2. The third kappa shape index (κ3) is 4.24. The first-order valence-corrected chi connectivity index (χ1v) is 8.57. The Bertz CT molecular complexity index is 976. The Morgan fingerprint density at radius 1 is 1.12 bits per heavy atom. The van der Waals surface area contributed by atoms with Crippen molar-refractivity contribution in [1.82, 2.24) is 0 Å². The molecule has 3 aromatic rings. The van der Waals surface area contributed by atoms with E-state index in [0.717, 1.165) is 12.0 Å². The molecule has 0 saturated carbocycles. The second kappa shape index (κ2) is 8.06. The second-order valence-electron chi connectivity index (χ2n) is 5.65. The molecule has 6 heteroatoms. The maximum Gasteiger partial charge on any atom is 0.344 e. The van der Waals surface area contributed by atoms with E-state index in [1.54, 1.807) is 42.5 Å². The van der Waals surface area contributed by atoms with Crippen molar-refractivity contribution >= 4 is 28.5 Å². The lowest BCUT2D eigenvalue weighted by molar-refractivity contribution is -0.146. The monoisotopic (exact) mass is 372 g/mol. The number of rotatable bonds is 6. The fourth-order valence-corrected chi connectivity index (χ4v) is 2.51. The largest absolute Gasteiger partial charge is 0.482 e. The quantitative estimate of drug-likeness (QED) is 0.598. The summed E-state index contributed by atoms with van der Waals surface area (Å²) in [7, 11) is 0. The molecule has 0 atom stereocenters. The van der Waals surface area contributed by atoms with Gasteiger partial charge in [0.05, 0.1) is 12.0 Å². The first-order valence-electron chi connectivity index (χ1n) is 8.19. The minimum absolute atomic E-state index is 0.199. The van der Waals surface area contributed by atoms with Crippen LogP contribution in [0.4, 0.5) is 0 Å². The number of benzene rings is 2. The topological polar surface area (TPSA) is 65.7 Å². The van der Waals surface area contributed by atoms with Crippen molar-refractivity contribution in [1.29, 1.82) is 0 Å². The van der Waals surface area contributed by atoms with Gasteiger partial charge < -0.3 is 13.9 Å². The molecule has 26 heavy (non-hydrogen) atoms. The summed E-state index contributed by atoms with van der Waals surface area (Å²) in [5, 5.41) is 0.985. The molecule has 0 fully saturated rings. The molecule has 0 saturated heterocycles. The smallest absolute Gasteiger partial charge is 0.344 e. The van der Waals surface area contributed by atoms with E-state index in [9.17, 15) is 9.59 Å². The molecule has 0 spiro atoms. The summed E-state index contributed by atoms with van der Waals surface area (Å²) < 4.78 is 16.1. The van der Waals surface area contributed by atoms with Crippen LogP contribution in [0.15, 0.2) is 57.7 Å². The van der Waals surface area contributed by atoms with Crippen molar-refractivity contribution in [2.24, 2.45) is 0 Å². The van der Waals surface area contributed by atoms with Crippen molar-refractivity contribution < 1.29 is 18.7 Å². The number of hydrogen-bond donors (Lipinski definition) is 0. The van der Waals surface area contributed by atoms with Crippen molar-refractivity contribution in [2.75, 3.05) is 13.2 Å². The van der Waals surface area contributed by atoms with E-state index < -0.39 is 5.97 Å². The van der Waals surface area contributed by atoms with Crippen LogP contribution in [0.3, 0.4) is 0 Å². The van der Waals surface area contributed by atoms with Crippen LogP contribution in [0.1, 0.15) is 13.3 Å². The summed E-state index contributed by atoms with van der Waals surface area (Å²) in [6.45, 7) is 2.06. The van der Waals surface area contributed by atoms with E-state index in [-0.39, 0.29) is 12.0 Å². The number of carbonyl (C=O) groups is 1. The average Bonchev–Trinajstić information content (AvgIpc) is 2.65. The Hall–Kier alpha value is -2.79. The van der Waals surface area contributed by atoms with E-state index in [2.05, 4.69) is 0 Å². The third-order valence-corrected chi connectivity index (χ3v) is 3.90. The van der Waals surface area contributed by atoms with Crippen LogP contribution in [0.2, 0.25) is 5.02 Å². The predicted molar refractivity (Wildman–Crippen MR) is 99.7 cm³/mol. The lowest BCUT2D eigenvalue weighted by Crippen LogP contribution is -2.15. The van der Waals surface area contributed by atoms with E-state index >= 15 is 0 Å². The van der Waals surface area contributed by atoms with Crippen molar-refractivity contribution in [3.63, 3.8) is 0 Å². The van der Waals surface area contributed by atoms with Gasteiger partial charge in [0.15, 0.2) is 12.0 Å². The third-order valence-electron chi connectivity index (χ3n) is 3.65. The second-order valence-corrected chi connectivity index (χ2v) is 6.09. The Morgan fingerprint density at radius 2 is 1.88 bits per heavy atom. The van der Waals surface area contributed by atoms with Gasteiger partial charge in [-0.1, -0.05) is 18.5 Å². The maximum atomic E-state index is 12.4. The van der Waals surface area contributed by atoms with E-state index in [1.165, 1.54) is 6.07 Å². The Kier molecular flexibility index (Phi) is 5.58. The van der Waals surface area contributed by atoms with Crippen LogP contribution in [-0.4, -0.2) is 19.2 Å². The van der Waals surface area contributed by atoms with Gasteiger partial charge in [0.25, 0.3) is 0 Å². The highest BCUT2D eigenvalue weighted by atomic mass is 35.5. The Labute approximate surface area is 155 Å². The Morgan fingerprint density at radius 3 is 2.62 bits per heavy atom. The summed E-state index contributed by atoms with van der Waals surface area (Å²) in [6, 6.07) is 13.3. The first-order chi connectivity index (χ1) is 12.6. The minimum atomic E-state index is -0.447. The summed E-state index contributed by atoms with van der Waals surface area (Å²) in [5.74, 6) is 0.408. The molecule has 1 heterocycles. The standard InChI is InChI=1S/C20H17ClO5/c1-2-9-24-20(23)12-25-15-7-8-18-16(10-15)17(22)11-19(26-18)13-3-5-14(21)6-4-13/h3-8,10-11H,2,9,12H2,1H3. The van der Waals surface area contributed by atoms with Crippen LogP contribution >= 0.6 is 11.6 Å². The summed E-state index contributed by atoms with van der Waals surface area (Å²) in [5.41, 5.74) is 0.992. The maximum absolute atomic E-state index is 12.4. The molecule has 0 N–H and O–H groups in total. The van der Waals surface area contributed by atoms with Gasteiger partial charge in [0.1, 0.15) is 17.1 Å². The molecular weight excluding hydrogens is 356 g/mol. The normalized spacial score (nSPS) is 10.7. The molecule has 0 bridgehead atoms. The Balaban J connectivity index is 1.83. The molecule has 3 rings (SSSR count). The van der Waals surface area contributed by atoms with Crippen LogP contribution in [0, 0.1) is 0 Å². The number of esters is 1. The highest BCUT2D eigenvalue weighted by Gasteiger charge is 2.10. The van der Waals surface area contributed by atoms with Gasteiger partial charge in [-0.25, -0.2) is 4.79 Å². The number of fused-ring (bicyclic) bond motifs is 1. The van der Waals surface area contributed by atoms with Crippen LogP contribution in [-0.2, 0) is 9.53 Å². The molecule has 2 aromatic carbocycles. The predicted octanol–water partition coefficient (Wildman–Crippen LogP) is 4.45. The number of hydrogen-bond acceptors (Lipinski definition) is 5. The molecule has 0 radical (unpaired) electrons. The molecule has 0 unspecified atom stereocenters. The van der Waals surface area contributed by atoms with Crippen LogP contribution in [0.5, 0.6) is 5.75 Å². The van der Waals surface area contributed by atoms with Crippen LogP contribution in [0.25, 0.3) is 22.3 Å². The van der Waals surface area contributed by atoms with Crippen LogP contribution < -0.4 is 10.2 Å². The molecule has 0 amide bonds. The van der Waals surface area contributed by atoms with E-state index in [0.29, 0.717) is 34.1 Å². The SMILES string of the molecule is CCCOC(=O)COc1ccc2oc(-c3ccc(Cl)cc3)cc(=O)c2c1. The summed E-state index contributed by atoms with van der Waals surface area (Å²) in [4.78, 5) is 23.9. The number of carbonyl (C=O) groups excluding carboxylic acids is 1. The number of halogens is 1. The van der Waals surface area contributed by atoms with Gasteiger partial charge in [-0.3, -0.25) is 4.79 Å². The fraction of sp³-hybridized carbons (Fsp3) is 0.200. The molecule has 5 nitrogen and oxygen atoms in total. The molecule has 1 aromatic heterocycles. The first kappa shape index (κ1) is 18.0. The lowest BCUT2D eigenvalue weighted by Gasteiger charge is -2.08. The highest BCUT2D eigenvalue weighted by Crippen LogP contribution is 2.25. The average molecular weight is 373 g/mol. The zero-order valence-corrected chi connectivity index (χ0v) is 14.9. The molecular formula is C20H17ClO5. The fourth-order valence-electron chi connectivity index (χ4n) is 2.38. The molecule has 0 aliphatic heterocycles. The van der Waals surface area contributed by atoms with Gasteiger partial charge in [-0.2, -0.15) is 0 Å². The highest BCUT2D eigenvalue weighted by molar-refractivity contribution is 6.30. The van der Waals surface area contributed by atoms with Gasteiger partial charge in [0, 0.05) is 16.7 Å². The van der Waals surface area contributed by atoms with Gasteiger partial charge in [-0.15, -0.1) is 0 Å². The molecule has 0 aliphatic carbocycles. The summed E-state index contributed by atoms with van der Waals surface area (Å²) >= 11 is 5.88. The molecule has 0 aliphatic rings. The minimum Gasteiger partial charge on any atom is -0.482 e. The van der Waals surface area contributed by atoms with Crippen molar-refractivity contribution in [2.45, 2.75) is 13.3 Å². The summed E-state index contributed by atoms with van der Waals surface area (Å²) in [6.07, 6.45) is 0.749. The van der Waals surface area contributed by atoms with E-state index in [4.69, 9.17) is 25.5 Å². The van der Waals surface area contributed by atoms with Crippen molar-refractivity contribution in [3.05, 3.63) is 63.8 Å². The zero-order chi connectivity index (χ0) is 18.5. The van der Waals surface area contributed by atoms with E-state index in [1.807, 2.05) is 6.92 Å². The van der Waals surface area contributed by atoms with Crippen molar-refractivity contribution in [3.8, 4) is 17.1 Å². The van der Waals surface area contributed by atoms with Gasteiger partial charge in [-0.05, 0) is 48.9 Å². The lowest BCUT2D eigenvalue weighted by atomic mass is 10.1. The van der Waals surface area contributed by atoms with Gasteiger partial charge in [0.2, 0.25) is 0 Å². The number of ether oxygens (including phenoxy) is 2. The van der Waals surface area contributed by atoms with Gasteiger partial charge >= 0.3 is 5.97 Å².